The number of carboxylic acid groups (broad SMARTS) is 1. The Hall–Kier alpha value is -2.84. The Morgan fingerprint density at radius 3 is 2.12 bits per heavy atom. The van der Waals surface area contributed by atoms with E-state index in [1.165, 1.54) is 50.4 Å². The van der Waals surface area contributed by atoms with E-state index in [9.17, 15) is 23.1 Å². The number of nitrogens with zero attached hydrogens (tertiary/aromatic N) is 1. The average molecular weight is 477 g/mol. The van der Waals surface area contributed by atoms with Crippen molar-refractivity contribution in [2.45, 2.75) is 50.5 Å². The zero-order chi connectivity index (χ0) is 24.1. The maximum atomic E-state index is 13.4. The van der Waals surface area contributed by atoms with Crippen LogP contribution in [0.15, 0.2) is 53.6 Å². The number of carbonyl (C=O) groups excluding carboxylic acids is 1. The van der Waals surface area contributed by atoms with Crippen LogP contribution in [-0.4, -0.2) is 34.9 Å². The van der Waals surface area contributed by atoms with Gasteiger partial charge in [0.2, 0.25) is 0 Å². The summed E-state index contributed by atoms with van der Waals surface area (Å²) in [5.41, 5.74) is -0.441. The third-order valence-corrected chi connectivity index (χ3v) is 7.14. The molecule has 0 fully saturated rings. The van der Waals surface area contributed by atoms with Crippen LogP contribution in [0.2, 0.25) is 5.02 Å². The minimum absolute atomic E-state index is 0.00621. The third-order valence-electron chi connectivity index (χ3n) is 5.22. The van der Waals surface area contributed by atoms with Gasteiger partial charge in [-0.3, -0.25) is 4.79 Å². The summed E-state index contributed by atoms with van der Waals surface area (Å²) in [5.74, 6) is -1.94. The van der Waals surface area contributed by atoms with Crippen LogP contribution in [0.1, 0.15) is 50.5 Å². The molecule has 0 bridgehead atoms. The molecule has 1 amide bonds. The zero-order valence-electron chi connectivity index (χ0n) is 18.4. The van der Waals surface area contributed by atoms with E-state index in [2.05, 4.69) is 5.32 Å². The predicted octanol–water partition coefficient (Wildman–Crippen LogP) is 4.42. The lowest BCUT2D eigenvalue weighted by Gasteiger charge is -2.20. The number of carboxylic acids is 1. The van der Waals surface area contributed by atoms with E-state index in [1.54, 1.807) is 12.1 Å². The van der Waals surface area contributed by atoms with Gasteiger partial charge in [-0.25, -0.2) is 17.2 Å². The Labute approximate surface area is 192 Å². The molecule has 170 valence electrons. The molecule has 0 unspecified atom stereocenters. The van der Waals surface area contributed by atoms with E-state index < -0.39 is 27.4 Å². The molecule has 2 aromatic carbocycles. The highest BCUT2D eigenvalue weighted by molar-refractivity contribution is 7.90. The molecule has 3 rings (SSSR count). The molecule has 2 N–H and O–H groups in total. The standard InChI is InChI=1S/C23H25ClN2O5S/c1-22(2,3)14-6-9-16(10-7-14)32(30,31)26-13-18(17-12-15(24)8-11-19(17)26)20(27)25-23(4,5)21(28)29/h6-13H,1-5H3,(H,25,27)(H,28,29). The Balaban J connectivity index is 2.15. The van der Waals surface area contributed by atoms with Gasteiger partial charge in [-0.2, -0.15) is 0 Å². The average Bonchev–Trinajstić information content (AvgIpc) is 3.06. The third kappa shape index (κ3) is 4.38. The lowest BCUT2D eigenvalue weighted by molar-refractivity contribution is -0.143. The second kappa shape index (κ2) is 7.94. The number of benzene rings is 2. The number of hydrogen-bond donors (Lipinski definition) is 2. The van der Waals surface area contributed by atoms with Crippen molar-refractivity contribution in [3.05, 3.63) is 64.8 Å². The number of halogens is 1. The molecule has 0 radical (unpaired) electrons. The monoisotopic (exact) mass is 476 g/mol. The number of aliphatic carboxylic acids is 1. The fourth-order valence-corrected chi connectivity index (χ4v) is 4.74. The first-order valence-electron chi connectivity index (χ1n) is 9.87. The molecule has 1 aromatic heterocycles. The van der Waals surface area contributed by atoms with Gasteiger partial charge in [-0.05, 0) is 55.2 Å². The smallest absolute Gasteiger partial charge is 0.328 e. The van der Waals surface area contributed by atoms with Crippen LogP contribution in [0.5, 0.6) is 0 Å². The minimum atomic E-state index is -4.04. The molecule has 0 saturated heterocycles. The van der Waals surface area contributed by atoms with Crippen LogP contribution in [0.25, 0.3) is 10.9 Å². The Morgan fingerprint density at radius 2 is 1.59 bits per heavy atom. The van der Waals surface area contributed by atoms with Crippen molar-refractivity contribution >= 4 is 44.4 Å². The van der Waals surface area contributed by atoms with Gasteiger partial charge in [-0.1, -0.05) is 44.5 Å². The second-order valence-electron chi connectivity index (χ2n) is 9.16. The van der Waals surface area contributed by atoms with E-state index in [1.807, 2.05) is 20.8 Å². The van der Waals surface area contributed by atoms with E-state index >= 15 is 0 Å². The predicted molar refractivity (Wildman–Crippen MR) is 124 cm³/mol. The summed E-state index contributed by atoms with van der Waals surface area (Å²) in [6.07, 6.45) is 1.20. The van der Waals surface area contributed by atoms with E-state index in [0.717, 1.165) is 9.54 Å². The SMILES string of the molecule is CC(C)(NC(=O)c1cn(S(=O)(=O)c2ccc(C(C)(C)C)cc2)c2ccc(Cl)cc12)C(=O)O. The van der Waals surface area contributed by atoms with E-state index in [4.69, 9.17) is 11.6 Å². The van der Waals surface area contributed by atoms with Gasteiger partial charge >= 0.3 is 5.97 Å². The minimum Gasteiger partial charge on any atom is -0.480 e. The van der Waals surface area contributed by atoms with Gasteiger partial charge < -0.3 is 10.4 Å². The lowest BCUT2D eigenvalue weighted by Crippen LogP contribution is -2.49. The van der Waals surface area contributed by atoms with Crippen molar-refractivity contribution in [3.63, 3.8) is 0 Å². The number of hydrogen-bond acceptors (Lipinski definition) is 4. The highest BCUT2D eigenvalue weighted by atomic mass is 35.5. The molecule has 32 heavy (non-hydrogen) atoms. The Kier molecular flexibility index (Phi) is 5.91. The fraction of sp³-hybridized carbons (Fsp3) is 0.304. The Bertz CT molecular complexity index is 1320. The van der Waals surface area contributed by atoms with Gasteiger partial charge in [0.05, 0.1) is 16.0 Å². The second-order valence-corrected chi connectivity index (χ2v) is 11.4. The summed E-state index contributed by atoms with van der Waals surface area (Å²) in [7, 11) is -4.04. The molecule has 0 aliphatic heterocycles. The molecule has 0 saturated carbocycles. The molecule has 0 atom stereocenters. The number of rotatable bonds is 5. The number of fused-ring (bicyclic) bond motifs is 1. The zero-order valence-corrected chi connectivity index (χ0v) is 20.0. The maximum absolute atomic E-state index is 13.4. The van der Waals surface area contributed by atoms with Crippen LogP contribution >= 0.6 is 11.6 Å². The molecular weight excluding hydrogens is 452 g/mol. The fourth-order valence-electron chi connectivity index (χ4n) is 3.20. The van der Waals surface area contributed by atoms with Crippen LogP contribution < -0.4 is 5.32 Å². The van der Waals surface area contributed by atoms with E-state index in [-0.39, 0.29) is 21.4 Å². The molecular formula is C23H25ClN2O5S. The van der Waals surface area contributed by atoms with Crippen LogP contribution in [0.3, 0.4) is 0 Å². The number of carbonyl (C=O) groups is 2. The molecule has 0 aliphatic rings. The summed E-state index contributed by atoms with van der Waals surface area (Å²) in [4.78, 5) is 24.4. The maximum Gasteiger partial charge on any atom is 0.328 e. The van der Waals surface area contributed by atoms with Crippen molar-refractivity contribution in [3.8, 4) is 0 Å². The topological polar surface area (TPSA) is 105 Å². The van der Waals surface area contributed by atoms with Gasteiger partial charge in [0.15, 0.2) is 0 Å². The van der Waals surface area contributed by atoms with E-state index in [0.29, 0.717) is 10.4 Å². The summed E-state index contributed by atoms with van der Waals surface area (Å²) in [6, 6.07) is 11.1. The molecule has 0 spiro atoms. The number of nitrogens with one attached hydrogen (secondary N) is 1. The number of aromatic nitrogens is 1. The van der Waals surface area contributed by atoms with Crippen LogP contribution in [0, 0.1) is 0 Å². The van der Waals surface area contributed by atoms with Crippen molar-refractivity contribution < 1.29 is 23.1 Å². The summed E-state index contributed by atoms with van der Waals surface area (Å²) < 4.78 is 27.9. The first-order chi connectivity index (χ1) is 14.6. The lowest BCUT2D eigenvalue weighted by atomic mass is 9.87. The molecule has 3 aromatic rings. The largest absolute Gasteiger partial charge is 0.480 e. The normalized spacial score (nSPS) is 12.7. The first-order valence-corrected chi connectivity index (χ1v) is 11.7. The highest BCUT2D eigenvalue weighted by Gasteiger charge is 2.31. The first kappa shape index (κ1) is 23.8. The summed E-state index contributed by atoms with van der Waals surface area (Å²) in [6.45, 7) is 8.77. The van der Waals surface area contributed by atoms with Gasteiger partial charge in [0.25, 0.3) is 15.9 Å². The van der Waals surface area contributed by atoms with Gasteiger partial charge in [0, 0.05) is 16.6 Å². The van der Waals surface area contributed by atoms with Crippen molar-refractivity contribution in [1.82, 2.24) is 9.29 Å². The highest BCUT2D eigenvalue weighted by Crippen LogP contribution is 2.30. The summed E-state index contributed by atoms with van der Waals surface area (Å²) >= 11 is 6.09. The van der Waals surface area contributed by atoms with Crippen molar-refractivity contribution in [2.24, 2.45) is 0 Å². The molecule has 7 nitrogen and oxygen atoms in total. The molecule has 9 heteroatoms. The van der Waals surface area contributed by atoms with Crippen molar-refractivity contribution in [1.29, 1.82) is 0 Å². The Morgan fingerprint density at radius 1 is 1.00 bits per heavy atom. The van der Waals surface area contributed by atoms with Crippen LogP contribution in [-0.2, 0) is 20.2 Å². The number of amides is 1. The van der Waals surface area contributed by atoms with Crippen LogP contribution in [0.4, 0.5) is 0 Å². The van der Waals surface area contributed by atoms with Gasteiger partial charge in [0.1, 0.15) is 5.54 Å². The molecule has 0 aliphatic carbocycles. The van der Waals surface area contributed by atoms with Gasteiger partial charge in [-0.15, -0.1) is 0 Å². The van der Waals surface area contributed by atoms with Crippen molar-refractivity contribution in [2.75, 3.05) is 0 Å². The molecule has 1 heterocycles. The quantitative estimate of drug-likeness (QED) is 0.567. The summed E-state index contributed by atoms with van der Waals surface area (Å²) in [5, 5.41) is 12.4.